The molecule has 0 spiro atoms. The second-order valence-corrected chi connectivity index (χ2v) is 5.65. The summed E-state index contributed by atoms with van der Waals surface area (Å²) >= 11 is 11.9. The minimum Gasteiger partial charge on any atom is -0.382 e. The van der Waals surface area contributed by atoms with Crippen LogP contribution in [0, 0.1) is 5.92 Å². The van der Waals surface area contributed by atoms with Gasteiger partial charge in [0.15, 0.2) is 0 Å². The fraction of sp³-hybridized carbons (Fsp3) is 0.583. The van der Waals surface area contributed by atoms with Crippen LogP contribution in [-0.4, -0.2) is 36.6 Å². The highest BCUT2D eigenvalue weighted by molar-refractivity contribution is 6.37. The maximum Gasteiger partial charge on any atom is 0.147 e. The van der Waals surface area contributed by atoms with Crippen molar-refractivity contribution in [3.05, 3.63) is 16.1 Å². The van der Waals surface area contributed by atoms with Gasteiger partial charge >= 0.3 is 0 Å². The van der Waals surface area contributed by atoms with Crippen LogP contribution in [0.5, 0.6) is 0 Å². The molecule has 6 heteroatoms. The monoisotopic (exact) mass is 288 g/mol. The lowest BCUT2D eigenvalue weighted by Gasteiger charge is -2.29. The molecular weight excluding hydrogens is 271 g/mol. The van der Waals surface area contributed by atoms with Crippen LogP contribution in [0.2, 0.25) is 10.0 Å². The molecule has 1 aromatic rings. The highest BCUT2D eigenvalue weighted by atomic mass is 35.5. The molecule has 2 heterocycles. The predicted molar refractivity (Wildman–Crippen MR) is 77.4 cm³/mol. The van der Waals surface area contributed by atoms with E-state index >= 15 is 0 Å². The number of hydrogen-bond donors (Lipinski definition) is 2. The molecule has 3 N–H and O–H groups in total. The first-order chi connectivity index (χ1) is 8.56. The Labute approximate surface area is 117 Å². The number of aromatic nitrogens is 1. The van der Waals surface area contributed by atoms with E-state index in [1.54, 1.807) is 6.07 Å². The number of halogens is 2. The van der Waals surface area contributed by atoms with Crippen LogP contribution in [0.4, 0.5) is 11.6 Å². The van der Waals surface area contributed by atoms with Crippen LogP contribution in [0.25, 0.3) is 0 Å². The Morgan fingerprint density at radius 3 is 3.00 bits per heavy atom. The van der Waals surface area contributed by atoms with Crippen LogP contribution >= 0.6 is 23.2 Å². The number of hydrogen-bond acceptors (Lipinski definition) is 4. The Kier molecular flexibility index (Phi) is 4.54. The molecule has 1 aromatic heterocycles. The van der Waals surface area contributed by atoms with Gasteiger partial charge in [-0.1, -0.05) is 23.2 Å². The average Bonchev–Trinajstić information content (AvgIpc) is 2.32. The van der Waals surface area contributed by atoms with E-state index in [1.807, 2.05) is 0 Å². The van der Waals surface area contributed by atoms with Crippen molar-refractivity contribution in [2.24, 2.45) is 5.92 Å². The lowest BCUT2D eigenvalue weighted by Crippen LogP contribution is -2.35. The van der Waals surface area contributed by atoms with Crippen LogP contribution in [0.1, 0.15) is 12.8 Å². The van der Waals surface area contributed by atoms with Gasteiger partial charge in [0.1, 0.15) is 11.6 Å². The predicted octanol–water partition coefficient (Wildman–Crippen LogP) is 2.72. The fourth-order valence-corrected chi connectivity index (χ4v) is 2.71. The van der Waals surface area contributed by atoms with E-state index in [-0.39, 0.29) is 0 Å². The molecule has 0 radical (unpaired) electrons. The highest BCUT2D eigenvalue weighted by Gasteiger charge is 2.17. The third-order valence-corrected chi connectivity index (χ3v) is 3.83. The lowest BCUT2D eigenvalue weighted by atomic mass is 9.98. The molecule has 4 nitrogen and oxygen atoms in total. The standard InChI is InChI=1S/C12H18Cl2N4/c1-18-4-2-3-8(7-18)6-16-12-10(14)5-9(13)11(15)17-12/h5,8H,2-4,6-7H2,1H3,(H3,15,16,17). The van der Waals surface area contributed by atoms with Gasteiger partial charge in [0.05, 0.1) is 10.0 Å². The molecule has 0 aliphatic carbocycles. The molecule has 1 unspecified atom stereocenters. The van der Waals surface area contributed by atoms with E-state index in [4.69, 9.17) is 28.9 Å². The van der Waals surface area contributed by atoms with Crippen molar-refractivity contribution < 1.29 is 0 Å². The van der Waals surface area contributed by atoms with Gasteiger partial charge in [-0.15, -0.1) is 0 Å². The lowest BCUT2D eigenvalue weighted by molar-refractivity contribution is 0.217. The molecule has 0 amide bonds. The third kappa shape index (κ3) is 3.40. The maximum absolute atomic E-state index is 6.07. The van der Waals surface area contributed by atoms with Crippen LogP contribution < -0.4 is 11.1 Å². The van der Waals surface area contributed by atoms with Gasteiger partial charge in [0.2, 0.25) is 0 Å². The molecule has 100 valence electrons. The largest absolute Gasteiger partial charge is 0.382 e. The van der Waals surface area contributed by atoms with Gasteiger partial charge in [-0.3, -0.25) is 0 Å². The minimum absolute atomic E-state index is 0.310. The number of nitrogens with one attached hydrogen (secondary N) is 1. The molecule has 1 saturated heterocycles. The van der Waals surface area contributed by atoms with Crippen molar-refractivity contribution in [2.75, 3.05) is 37.7 Å². The number of likely N-dealkylation sites (tertiary alicyclic amines) is 1. The molecule has 0 saturated carbocycles. The summed E-state index contributed by atoms with van der Waals surface area (Å²) < 4.78 is 0. The minimum atomic E-state index is 0.310. The zero-order valence-corrected chi connectivity index (χ0v) is 11.9. The van der Waals surface area contributed by atoms with Gasteiger partial charge in [-0.2, -0.15) is 0 Å². The number of nitrogens with zero attached hydrogens (tertiary/aromatic N) is 2. The topological polar surface area (TPSA) is 54.2 Å². The summed E-state index contributed by atoms with van der Waals surface area (Å²) in [7, 11) is 2.15. The number of pyridine rings is 1. The molecular formula is C12H18Cl2N4. The number of piperidine rings is 1. The Morgan fingerprint density at radius 2 is 2.28 bits per heavy atom. The van der Waals surface area contributed by atoms with Crippen LogP contribution in [0.15, 0.2) is 6.07 Å². The zero-order valence-electron chi connectivity index (χ0n) is 10.4. The summed E-state index contributed by atoms with van der Waals surface area (Å²) in [4.78, 5) is 6.51. The van der Waals surface area contributed by atoms with Crippen molar-refractivity contribution in [3.8, 4) is 0 Å². The zero-order chi connectivity index (χ0) is 13.1. The van der Waals surface area contributed by atoms with Crippen molar-refractivity contribution in [1.82, 2.24) is 9.88 Å². The Bertz CT molecular complexity index is 425. The molecule has 18 heavy (non-hydrogen) atoms. The first-order valence-corrected chi connectivity index (χ1v) is 6.86. The van der Waals surface area contributed by atoms with E-state index in [1.165, 1.54) is 19.4 Å². The second kappa shape index (κ2) is 5.95. The second-order valence-electron chi connectivity index (χ2n) is 4.84. The summed E-state index contributed by atoms with van der Waals surface area (Å²) in [6, 6.07) is 1.63. The van der Waals surface area contributed by atoms with E-state index in [9.17, 15) is 0 Å². The number of nitrogens with two attached hydrogens (primary N) is 1. The van der Waals surface area contributed by atoms with Gasteiger partial charge in [0.25, 0.3) is 0 Å². The summed E-state index contributed by atoms with van der Waals surface area (Å²) in [6.07, 6.45) is 2.48. The van der Waals surface area contributed by atoms with Gasteiger partial charge < -0.3 is 16.0 Å². The molecule has 0 aromatic carbocycles. The summed E-state index contributed by atoms with van der Waals surface area (Å²) in [6.45, 7) is 3.15. The van der Waals surface area contributed by atoms with Gasteiger partial charge in [-0.25, -0.2) is 4.98 Å². The van der Waals surface area contributed by atoms with Gasteiger partial charge in [-0.05, 0) is 38.4 Å². The quantitative estimate of drug-likeness (QED) is 0.898. The van der Waals surface area contributed by atoms with E-state index < -0.39 is 0 Å². The SMILES string of the molecule is CN1CCCC(CNc2nc(N)c(Cl)cc2Cl)C1. The first-order valence-electron chi connectivity index (χ1n) is 6.10. The normalized spacial score (nSPS) is 20.9. The Morgan fingerprint density at radius 1 is 1.50 bits per heavy atom. The molecule has 1 aliphatic heterocycles. The van der Waals surface area contributed by atoms with Crippen molar-refractivity contribution >= 4 is 34.8 Å². The summed E-state index contributed by atoms with van der Waals surface area (Å²) in [5.74, 6) is 1.55. The van der Waals surface area contributed by atoms with Crippen LogP contribution in [-0.2, 0) is 0 Å². The maximum atomic E-state index is 6.07. The third-order valence-electron chi connectivity index (χ3n) is 3.24. The van der Waals surface area contributed by atoms with Crippen molar-refractivity contribution in [2.45, 2.75) is 12.8 Å². The first kappa shape index (κ1) is 13.7. The molecule has 1 atom stereocenters. The highest BCUT2D eigenvalue weighted by Crippen LogP contribution is 2.27. The van der Waals surface area contributed by atoms with Crippen molar-refractivity contribution in [1.29, 1.82) is 0 Å². The number of nitrogen functional groups attached to an aromatic ring is 1. The Hall–Kier alpha value is -0.710. The number of anilines is 2. The number of rotatable bonds is 3. The van der Waals surface area contributed by atoms with Crippen molar-refractivity contribution in [3.63, 3.8) is 0 Å². The summed E-state index contributed by atoms with van der Waals surface area (Å²) in [5, 5.41) is 4.17. The fourth-order valence-electron chi connectivity index (χ4n) is 2.29. The summed E-state index contributed by atoms with van der Waals surface area (Å²) in [5.41, 5.74) is 5.67. The van der Waals surface area contributed by atoms with E-state index in [0.717, 1.165) is 13.1 Å². The van der Waals surface area contributed by atoms with Gasteiger partial charge in [0, 0.05) is 13.1 Å². The Balaban J connectivity index is 1.95. The molecule has 0 bridgehead atoms. The molecule has 1 aliphatic rings. The molecule has 2 rings (SSSR count). The molecule has 1 fully saturated rings. The van der Waals surface area contributed by atoms with E-state index in [2.05, 4.69) is 22.2 Å². The smallest absolute Gasteiger partial charge is 0.147 e. The van der Waals surface area contributed by atoms with Crippen LogP contribution in [0.3, 0.4) is 0 Å². The van der Waals surface area contributed by atoms with E-state index in [0.29, 0.717) is 27.6 Å². The average molecular weight is 289 g/mol.